The van der Waals surface area contributed by atoms with Crippen molar-refractivity contribution in [2.24, 2.45) is 5.92 Å². The van der Waals surface area contributed by atoms with Gasteiger partial charge in [-0.1, -0.05) is 36.4 Å². The molecule has 0 bridgehead atoms. The van der Waals surface area contributed by atoms with E-state index in [0.29, 0.717) is 30.8 Å². The Morgan fingerprint density at radius 3 is 2.88 bits per heavy atom. The minimum atomic E-state index is -4.39. The number of carbonyl (C=O) groups excluding carboxylic acids is 1. The summed E-state index contributed by atoms with van der Waals surface area (Å²) in [6.07, 6.45) is 5.39. The third kappa shape index (κ3) is 5.57. The molecule has 0 spiro atoms. The molecule has 2 heterocycles. The molecule has 0 saturated heterocycles. The van der Waals surface area contributed by atoms with Gasteiger partial charge in [0.15, 0.2) is 0 Å². The van der Waals surface area contributed by atoms with Gasteiger partial charge in [0.2, 0.25) is 0 Å². The number of ether oxygens (including phenoxy) is 1. The summed E-state index contributed by atoms with van der Waals surface area (Å²) in [6, 6.07) is 9.57. The van der Waals surface area contributed by atoms with Crippen LogP contribution in [0.15, 0.2) is 71.8 Å². The first-order valence-corrected chi connectivity index (χ1v) is 11.4. The zero-order valence-corrected chi connectivity index (χ0v) is 18.7. The van der Waals surface area contributed by atoms with Gasteiger partial charge in [-0.05, 0) is 40.3 Å². The van der Waals surface area contributed by atoms with Gasteiger partial charge < -0.3 is 10.1 Å². The standard InChI is InChI=1S/C25H23F3N2O2S/c1-32-11-10-30-24(31)18-6-2-4-16(12-18)22-7-3-5-17-13-21(33-23(17)22)15-20-14-19(8-9-29-20)25(26,27)28/h2-9,12-14,17,23H,10-11,15H2,1H3,(H,30,31). The summed E-state index contributed by atoms with van der Waals surface area (Å²) in [5.41, 5.74) is 2.32. The molecular formula is C25H23F3N2O2S. The predicted molar refractivity (Wildman–Crippen MR) is 124 cm³/mol. The van der Waals surface area contributed by atoms with E-state index in [4.69, 9.17) is 4.74 Å². The molecule has 2 aliphatic rings. The Kier molecular flexibility index (Phi) is 7.05. The van der Waals surface area contributed by atoms with Crippen LogP contribution in [0.25, 0.3) is 5.57 Å². The number of carbonyl (C=O) groups is 1. The third-order valence-electron chi connectivity index (χ3n) is 5.47. The molecule has 0 fully saturated rings. The van der Waals surface area contributed by atoms with E-state index in [9.17, 15) is 18.0 Å². The largest absolute Gasteiger partial charge is 0.416 e. The van der Waals surface area contributed by atoms with Gasteiger partial charge >= 0.3 is 6.18 Å². The number of nitrogens with zero attached hydrogens (tertiary/aromatic N) is 1. The fourth-order valence-corrected chi connectivity index (χ4v) is 5.35. The second-order valence-electron chi connectivity index (χ2n) is 7.80. The van der Waals surface area contributed by atoms with Crippen molar-refractivity contribution in [3.05, 3.63) is 94.2 Å². The summed E-state index contributed by atoms with van der Waals surface area (Å²) in [7, 11) is 1.58. The van der Waals surface area contributed by atoms with E-state index in [1.807, 2.05) is 30.4 Å². The number of fused-ring (bicyclic) bond motifs is 1. The van der Waals surface area contributed by atoms with Gasteiger partial charge in [-0.2, -0.15) is 13.2 Å². The monoisotopic (exact) mass is 472 g/mol. The summed E-state index contributed by atoms with van der Waals surface area (Å²) in [5, 5.41) is 2.93. The minimum Gasteiger partial charge on any atom is -0.383 e. The van der Waals surface area contributed by atoms with Gasteiger partial charge in [-0.25, -0.2) is 0 Å². The van der Waals surface area contributed by atoms with E-state index in [1.165, 1.54) is 6.20 Å². The number of aromatic nitrogens is 1. The highest BCUT2D eigenvalue weighted by molar-refractivity contribution is 8.04. The average molecular weight is 473 g/mol. The van der Waals surface area contributed by atoms with E-state index in [1.54, 1.807) is 24.9 Å². The smallest absolute Gasteiger partial charge is 0.383 e. The van der Waals surface area contributed by atoms with Crippen LogP contribution < -0.4 is 5.32 Å². The first-order chi connectivity index (χ1) is 15.8. The molecule has 2 aromatic rings. The number of hydrogen-bond acceptors (Lipinski definition) is 4. The fraction of sp³-hybridized carbons (Fsp3) is 0.280. The fourth-order valence-electron chi connectivity index (χ4n) is 3.89. The molecule has 4 rings (SSSR count). The predicted octanol–water partition coefficient (Wildman–Crippen LogP) is 5.29. The van der Waals surface area contributed by atoms with Crippen molar-refractivity contribution in [2.45, 2.75) is 17.8 Å². The number of allylic oxidation sites excluding steroid dienone is 5. The Bertz CT molecular complexity index is 1120. The van der Waals surface area contributed by atoms with Gasteiger partial charge in [0.1, 0.15) is 0 Å². The molecule has 1 aromatic heterocycles. The summed E-state index contributed by atoms with van der Waals surface area (Å²) in [5.74, 6) is -0.0269. The number of thioether (sulfide) groups is 1. The summed E-state index contributed by atoms with van der Waals surface area (Å²) in [6.45, 7) is 0.874. The molecule has 4 nitrogen and oxygen atoms in total. The van der Waals surface area contributed by atoms with Crippen molar-refractivity contribution in [1.82, 2.24) is 10.3 Å². The van der Waals surface area contributed by atoms with Crippen LogP contribution in [0.4, 0.5) is 13.2 Å². The van der Waals surface area contributed by atoms with Crippen molar-refractivity contribution in [2.75, 3.05) is 20.3 Å². The molecule has 33 heavy (non-hydrogen) atoms. The molecule has 2 atom stereocenters. The van der Waals surface area contributed by atoms with Gasteiger partial charge in [-0.3, -0.25) is 9.78 Å². The lowest BCUT2D eigenvalue weighted by Crippen LogP contribution is -2.27. The number of pyridine rings is 1. The zero-order valence-electron chi connectivity index (χ0n) is 17.9. The van der Waals surface area contributed by atoms with Crippen LogP contribution in [0.5, 0.6) is 0 Å². The number of halogens is 3. The topological polar surface area (TPSA) is 51.2 Å². The van der Waals surface area contributed by atoms with Gasteiger partial charge in [0.05, 0.1) is 12.2 Å². The Morgan fingerprint density at radius 1 is 1.24 bits per heavy atom. The maximum absolute atomic E-state index is 13.0. The van der Waals surface area contributed by atoms with Crippen molar-refractivity contribution in [1.29, 1.82) is 0 Å². The van der Waals surface area contributed by atoms with Gasteiger partial charge in [-0.15, -0.1) is 11.8 Å². The zero-order chi connectivity index (χ0) is 23.4. The SMILES string of the molecule is COCCNC(=O)c1cccc(C2=CC=CC3C=C(Cc4cc(C(F)(F)F)ccn4)SC23)c1. The number of amides is 1. The van der Waals surface area contributed by atoms with Crippen LogP contribution in [-0.4, -0.2) is 36.4 Å². The van der Waals surface area contributed by atoms with Crippen LogP contribution in [-0.2, 0) is 17.3 Å². The highest BCUT2D eigenvalue weighted by Crippen LogP contribution is 2.47. The molecule has 0 saturated carbocycles. The first kappa shape index (κ1) is 23.3. The summed E-state index contributed by atoms with van der Waals surface area (Å²) < 4.78 is 44.1. The van der Waals surface area contributed by atoms with Crippen molar-refractivity contribution in [3.63, 3.8) is 0 Å². The lowest BCUT2D eigenvalue weighted by Gasteiger charge is -2.23. The third-order valence-corrected chi connectivity index (χ3v) is 6.88. The molecule has 1 amide bonds. The molecular weight excluding hydrogens is 449 g/mol. The Labute approximate surface area is 194 Å². The molecule has 8 heteroatoms. The van der Waals surface area contributed by atoms with Gasteiger partial charge in [0.25, 0.3) is 5.91 Å². The molecule has 1 aliphatic carbocycles. The highest BCUT2D eigenvalue weighted by Gasteiger charge is 2.33. The van der Waals surface area contributed by atoms with E-state index in [2.05, 4.69) is 22.5 Å². The van der Waals surface area contributed by atoms with Crippen LogP contribution in [0.1, 0.15) is 27.2 Å². The number of alkyl halides is 3. The molecule has 1 aliphatic heterocycles. The minimum absolute atomic E-state index is 0.0996. The average Bonchev–Trinajstić information content (AvgIpc) is 3.21. The van der Waals surface area contributed by atoms with Crippen LogP contribution >= 0.6 is 11.8 Å². The number of benzene rings is 1. The maximum Gasteiger partial charge on any atom is 0.416 e. The number of methoxy groups -OCH3 is 1. The lowest BCUT2D eigenvalue weighted by atomic mass is 9.88. The maximum atomic E-state index is 13.0. The number of rotatable bonds is 7. The second kappa shape index (κ2) is 9.97. The Balaban J connectivity index is 1.48. The van der Waals surface area contributed by atoms with E-state index in [0.717, 1.165) is 28.2 Å². The van der Waals surface area contributed by atoms with Crippen LogP contribution in [0.2, 0.25) is 0 Å². The molecule has 172 valence electrons. The Hall–Kier alpha value is -2.84. The van der Waals surface area contributed by atoms with Crippen LogP contribution in [0, 0.1) is 5.92 Å². The van der Waals surface area contributed by atoms with Crippen LogP contribution in [0.3, 0.4) is 0 Å². The Morgan fingerprint density at radius 2 is 2.09 bits per heavy atom. The molecule has 1 N–H and O–H groups in total. The normalized spacial score (nSPS) is 19.6. The second-order valence-corrected chi connectivity index (χ2v) is 9.06. The van der Waals surface area contributed by atoms with E-state index >= 15 is 0 Å². The van der Waals surface area contributed by atoms with Crippen molar-refractivity contribution < 1.29 is 22.7 Å². The molecule has 0 radical (unpaired) electrons. The number of nitrogens with one attached hydrogen (secondary N) is 1. The number of hydrogen-bond donors (Lipinski definition) is 1. The quantitative estimate of drug-likeness (QED) is 0.557. The first-order valence-electron chi connectivity index (χ1n) is 10.5. The lowest BCUT2D eigenvalue weighted by molar-refractivity contribution is -0.137. The van der Waals surface area contributed by atoms with E-state index < -0.39 is 11.7 Å². The summed E-state index contributed by atoms with van der Waals surface area (Å²) >= 11 is 1.64. The van der Waals surface area contributed by atoms with Crippen molar-refractivity contribution in [3.8, 4) is 0 Å². The molecule has 2 unspecified atom stereocenters. The molecule has 1 aromatic carbocycles. The van der Waals surface area contributed by atoms with Gasteiger partial charge in [0, 0.05) is 48.7 Å². The summed E-state index contributed by atoms with van der Waals surface area (Å²) in [4.78, 5) is 17.6. The highest BCUT2D eigenvalue weighted by atomic mass is 32.2. The van der Waals surface area contributed by atoms with E-state index in [-0.39, 0.29) is 17.1 Å². The van der Waals surface area contributed by atoms with Crippen molar-refractivity contribution >= 4 is 23.2 Å².